The average Bonchev–Trinajstić information content (AvgIpc) is 3.18. The Morgan fingerprint density at radius 3 is 2.74 bits per heavy atom. The van der Waals surface area contributed by atoms with Gasteiger partial charge in [-0.2, -0.15) is 0 Å². The third-order valence-corrected chi connectivity index (χ3v) is 7.30. The largest absolute Gasteiger partial charge is 0.486 e. The number of benzene rings is 1. The molecule has 8 nitrogen and oxygen atoms in total. The first kappa shape index (κ1) is 18.3. The van der Waals surface area contributed by atoms with Crippen molar-refractivity contribution in [1.29, 1.82) is 0 Å². The summed E-state index contributed by atoms with van der Waals surface area (Å²) in [6.07, 6.45) is 0. The van der Waals surface area contributed by atoms with E-state index in [4.69, 9.17) is 21.1 Å². The molecule has 0 unspecified atom stereocenters. The van der Waals surface area contributed by atoms with Crippen molar-refractivity contribution in [2.45, 2.75) is 11.4 Å². The first-order valence-electron chi connectivity index (χ1n) is 8.17. The van der Waals surface area contributed by atoms with E-state index >= 15 is 0 Å². The third-order valence-electron chi connectivity index (χ3n) is 4.16. The summed E-state index contributed by atoms with van der Waals surface area (Å²) in [5, 5.41) is 6.78. The summed E-state index contributed by atoms with van der Waals surface area (Å²) in [5.41, 5.74) is 1.53. The highest BCUT2D eigenvalue weighted by atomic mass is 35.5. The summed E-state index contributed by atoms with van der Waals surface area (Å²) in [6, 6.07) is 4.38. The van der Waals surface area contributed by atoms with Crippen molar-refractivity contribution in [2.75, 3.05) is 30.0 Å². The Hall–Kier alpha value is -2.04. The summed E-state index contributed by atoms with van der Waals surface area (Å²) in [5.74, 6) is 1.06. The van der Waals surface area contributed by atoms with E-state index in [1.807, 2.05) is 23.6 Å². The van der Waals surface area contributed by atoms with Crippen molar-refractivity contribution in [3.63, 3.8) is 0 Å². The topological polar surface area (TPSA) is 107 Å². The highest BCUT2D eigenvalue weighted by Gasteiger charge is 2.37. The number of carbonyl (C=O) groups is 1. The molecule has 4 rings (SSSR count). The number of halogens is 1. The zero-order valence-electron chi connectivity index (χ0n) is 14.0. The number of hydrogen-bond acceptors (Lipinski definition) is 7. The number of rotatable bonds is 3. The van der Waals surface area contributed by atoms with Crippen LogP contribution in [0.25, 0.3) is 11.3 Å². The molecule has 2 atom stereocenters. The second-order valence-electron chi connectivity index (χ2n) is 6.19. The van der Waals surface area contributed by atoms with Gasteiger partial charge in [-0.05, 0) is 18.2 Å². The summed E-state index contributed by atoms with van der Waals surface area (Å²) in [4.78, 5) is 16.5. The predicted molar refractivity (Wildman–Crippen MR) is 103 cm³/mol. The molecule has 2 N–H and O–H groups in total. The minimum absolute atomic E-state index is 0.134. The fourth-order valence-corrected chi connectivity index (χ4v) is 6.17. The summed E-state index contributed by atoms with van der Waals surface area (Å²) < 4.78 is 34.2. The summed E-state index contributed by atoms with van der Waals surface area (Å²) in [7, 11) is -3.21. The van der Waals surface area contributed by atoms with Crippen molar-refractivity contribution in [1.82, 2.24) is 10.3 Å². The van der Waals surface area contributed by atoms with Crippen molar-refractivity contribution in [3.05, 3.63) is 23.6 Å². The van der Waals surface area contributed by atoms with Gasteiger partial charge in [0, 0.05) is 10.9 Å². The van der Waals surface area contributed by atoms with E-state index in [1.165, 1.54) is 11.3 Å². The standard InChI is InChI=1S/C16H16ClN3O5S2/c17-10-7-27(22,23)8-12(10)18-15(21)20-16-19-11(6-26-16)9-1-2-13-14(5-9)25-4-3-24-13/h1-2,5-6,10,12H,3-4,7-8H2,(H2,18,19,20,21)/t10-,12-/m0/s1. The van der Waals surface area contributed by atoms with Crippen LogP contribution in [0.2, 0.25) is 0 Å². The Labute approximate surface area is 164 Å². The van der Waals surface area contributed by atoms with E-state index in [0.29, 0.717) is 35.5 Å². The first-order valence-corrected chi connectivity index (χ1v) is 11.3. The quantitative estimate of drug-likeness (QED) is 0.723. The van der Waals surface area contributed by atoms with Crippen molar-refractivity contribution in [2.24, 2.45) is 0 Å². The maximum Gasteiger partial charge on any atom is 0.321 e. The van der Waals surface area contributed by atoms with Gasteiger partial charge in [0.1, 0.15) is 13.2 Å². The molecule has 11 heteroatoms. The van der Waals surface area contributed by atoms with Crippen LogP contribution in [0.3, 0.4) is 0 Å². The van der Waals surface area contributed by atoms with Crippen molar-refractivity contribution < 1.29 is 22.7 Å². The second-order valence-corrected chi connectivity index (χ2v) is 9.77. The van der Waals surface area contributed by atoms with Crippen molar-refractivity contribution in [3.8, 4) is 22.8 Å². The zero-order valence-corrected chi connectivity index (χ0v) is 16.4. The van der Waals surface area contributed by atoms with Crippen LogP contribution < -0.4 is 20.1 Å². The lowest BCUT2D eigenvalue weighted by molar-refractivity contribution is 0.171. The number of nitrogens with zero attached hydrogens (tertiary/aromatic N) is 1. The van der Waals surface area contributed by atoms with Crippen LogP contribution in [0, 0.1) is 0 Å². The highest BCUT2D eigenvalue weighted by molar-refractivity contribution is 7.91. The summed E-state index contributed by atoms with van der Waals surface area (Å²) >= 11 is 7.26. The minimum Gasteiger partial charge on any atom is -0.486 e. The molecule has 2 aromatic rings. The second kappa shape index (κ2) is 7.17. The lowest BCUT2D eigenvalue weighted by Gasteiger charge is -2.18. The van der Waals surface area contributed by atoms with E-state index in [1.54, 1.807) is 0 Å². The Morgan fingerprint density at radius 2 is 2.00 bits per heavy atom. The number of nitrogens with one attached hydrogen (secondary N) is 2. The number of fused-ring (bicyclic) bond motifs is 1. The van der Waals surface area contributed by atoms with Crippen LogP contribution in [-0.2, 0) is 9.84 Å². The zero-order chi connectivity index (χ0) is 19.0. The number of alkyl halides is 1. The molecule has 1 fully saturated rings. The molecule has 1 aromatic heterocycles. The maximum atomic E-state index is 12.1. The molecule has 1 saturated heterocycles. The molecule has 0 radical (unpaired) electrons. The van der Waals surface area contributed by atoms with Crippen LogP contribution in [0.5, 0.6) is 11.5 Å². The normalized spacial score (nSPS) is 23.0. The number of ether oxygens (including phenoxy) is 2. The Bertz CT molecular complexity index is 978. The Kier molecular flexibility index (Phi) is 4.87. The SMILES string of the molecule is O=C(Nc1nc(-c2ccc3c(c2)OCCO3)cs1)N[C@H]1CS(=O)(=O)C[C@@H]1Cl. The van der Waals surface area contributed by atoms with Gasteiger partial charge >= 0.3 is 6.03 Å². The molecular weight excluding hydrogens is 414 g/mol. The molecule has 27 heavy (non-hydrogen) atoms. The maximum absolute atomic E-state index is 12.1. The van der Waals surface area contributed by atoms with E-state index < -0.39 is 27.3 Å². The first-order chi connectivity index (χ1) is 12.9. The van der Waals surface area contributed by atoms with Crippen LogP contribution in [-0.4, -0.2) is 55.6 Å². The number of aromatic nitrogens is 1. The molecule has 3 heterocycles. The number of thiazole rings is 1. The van der Waals surface area contributed by atoms with E-state index in [0.717, 1.165) is 5.56 Å². The fraction of sp³-hybridized carbons (Fsp3) is 0.375. The number of hydrogen-bond donors (Lipinski definition) is 2. The molecule has 144 valence electrons. The molecule has 2 amide bonds. The van der Waals surface area contributed by atoms with Gasteiger partial charge in [-0.25, -0.2) is 18.2 Å². The monoisotopic (exact) mass is 429 g/mol. The van der Waals surface area contributed by atoms with Crippen LogP contribution in [0.4, 0.5) is 9.93 Å². The van der Waals surface area contributed by atoms with Gasteiger partial charge in [-0.15, -0.1) is 22.9 Å². The number of anilines is 1. The summed E-state index contributed by atoms with van der Waals surface area (Å²) in [6.45, 7) is 1.02. The highest BCUT2D eigenvalue weighted by Crippen LogP contribution is 2.35. The van der Waals surface area contributed by atoms with E-state index in [2.05, 4.69) is 15.6 Å². The Morgan fingerprint density at radius 1 is 1.22 bits per heavy atom. The fourth-order valence-electron chi connectivity index (χ4n) is 2.90. The third kappa shape index (κ3) is 4.12. The van der Waals surface area contributed by atoms with Crippen LogP contribution in [0.1, 0.15) is 0 Å². The van der Waals surface area contributed by atoms with Gasteiger partial charge in [-0.1, -0.05) is 0 Å². The number of urea groups is 1. The molecule has 0 bridgehead atoms. The van der Waals surface area contributed by atoms with Gasteiger partial charge < -0.3 is 14.8 Å². The smallest absolute Gasteiger partial charge is 0.321 e. The van der Waals surface area contributed by atoms with Gasteiger partial charge in [0.15, 0.2) is 26.5 Å². The lowest BCUT2D eigenvalue weighted by Crippen LogP contribution is -2.42. The van der Waals surface area contributed by atoms with Crippen molar-refractivity contribution >= 4 is 43.9 Å². The van der Waals surface area contributed by atoms with Gasteiger partial charge in [0.25, 0.3) is 0 Å². The number of amides is 2. The molecule has 0 saturated carbocycles. The Balaban J connectivity index is 1.42. The molecule has 0 aliphatic carbocycles. The molecule has 0 spiro atoms. The van der Waals surface area contributed by atoms with Gasteiger partial charge in [0.05, 0.1) is 28.6 Å². The molecular formula is C16H16ClN3O5S2. The van der Waals surface area contributed by atoms with E-state index in [-0.39, 0.29) is 11.5 Å². The van der Waals surface area contributed by atoms with Gasteiger partial charge in [-0.3, -0.25) is 5.32 Å². The van der Waals surface area contributed by atoms with Crippen LogP contribution in [0.15, 0.2) is 23.6 Å². The van der Waals surface area contributed by atoms with Gasteiger partial charge in [0.2, 0.25) is 0 Å². The minimum atomic E-state index is -3.21. The number of carbonyl (C=O) groups excluding carboxylic acids is 1. The average molecular weight is 430 g/mol. The van der Waals surface area contributed by atoms with Crippen LogP contribution >= 0.6 is 22.9 Å². The number of sulfone groups is 1. The lowest BCUT2D eigenvalue weighted by atomic mass is 10.1. The molecule has 2 aliphatic heterocycles. The molecule has 1 aromatic carbocycles. The molecule has 2 aliphatic rings. The predicted octanol–water partition coefficient (Wildman–Crippen LogP) is 2.11. The van der Waals surface area contributed by atoms with E-state index in [9.17, 15) is 13.2 Å².